The van der Waals surface area contributed by atoms with Crippen molar-refractivity contribution in [1.82, 2.24) is 9.97 Å². The van der Waals surface area contributed by atoms with E-state index in [1.807, 2.05) is 6.07 Å². The summed E-state index contributed by atoms with van der Waals surface area (Å²) in [7, 11) is 2.75. The first-order chi connectivity index (χ1) is 15.9. The Morgan fingerprint density at radius 3 is 2.55 bits per heavy atom. The summed E-state index contributed by atoms with van der Waals surface area (Å²) in [5.41, 5.74) is 0.542. The maximum Gasteiger partial charge on any atom is 0.286 e. The normalized spacial score (nSPS) is 10.8. The first-order valence-electron chi connectivity index (χ1n) is 9.60. The molecule has 0 spiro atoms. The van der Waals surface area contributed by atoms with Gasteiger partial charge < -0.3 is 9.47 Å². The number of nitro benzene ring substituents is 1. The summed E-state index contributed by atoms with van der Waals surface area (Å²) < 4.78 is 11.2. The second-order valence-electron chi connectivity index (χ2n) is 6.78. The number of pyridine rings is 1. The number of aromatic nitrogens is 2. The third kappa shape index (κ3) is 4.43. The summed E-state index contributed by atoms with van der Waals surface area (Å²) in [6.45, 7) is 0.0443. The van der Waals surface area contributed by atoms with E-state index in [-0.39, 0.29) is 23.6 Å². The molecule has 0 aliphatic heterocycles. The molecular weight excluding hydrogens is 468 g/mol. The van der Waals surface area contributed by atoms with E-state index in [1.54, 1.807) is 36.5 Å². The average Bonchev–Trinajstić information content (AvgIpc) is 3.27. The Labute approximate surface area is 197 Å². The fourth-order valence-corrected chi connectivity index (χ4v) is 4.50. The van der Waals surface area contributed by atoms with Gasteiger partial charge in [0.05, 0.1) is 47.2 Å². The number of ether oxygens (including phenoxy) is 2. The number of hydrogen-bond donors (Lipinski definition) is 0. The Balaban J connectivity index is 1.87. The molecule has 0 aliphatic rings. The van der Waals surface area contributed by atoms with Crippen molar-refractivity contribution in [3.05, 3.63) is 81.1 Å². The number of benzene rings is 2. The number of para-hydroxylation sites is 1. The number of carbonyl (C=O) groups is 1. The minimum atomic E-state index is -0.636. The molecule has 4 rings (SSSR count). The van der Waals surface area contributed by atoms with E-state index in [4.69, 9.17) is 21.1 Å². The van der Waals surface area contributed by atoms with Crippen molar-refractivity contribution in [3.63, 3.8) is 0 Å². The number of halogens is 1. The van der Waals surface area contributed by atoms with Crippen LogP contribution in [-0.4, -0.2) is 35.0 Å². The van der Waals surface area contributed by atoms with E-state index in [1.165, 1.54) is 42.6 Å². The van der Waals surface area contributed by atoms with Crippen LogP contribution in [-0.2, 0) is 6.54 Å². The molecule has 0 saturated heterocycles. The van der Waals surface area contributed by atoms with E-state index in [9.17, 15) is 14.9 Å². The number of rotatable bonds is 7. The van der Waals surface area contributed by atoms with Gasteiger partial charge in [-0.3, -0.25) is 24.8 Å². The number of nitro groups is 1. The molecule has 2 aromatic heterocycles. The number of amides is 1. The zero-order valence-corrected chi connectivity index (χ0v) is 19.1. The molecule has 2 aromatic carbocycles. The van der Waals surface area contributed by atoms with Gasteiger partial charge >= 0.3 is 0 Å². The molecule has 11 heteroatoms. The Morgan fingerprint density at radius 1 is 1.15 bits per heavy atom. The van der Waals surface area contributed by atoms with Crippen LogP contribution in [0.15, 0.2) is 54.7 Å². The van der Waals surface area contributed by atoms with E-state index in [0.29, 0.717) is 21.4 Å². The van der Waals surface area contributed by atoms with E-state index in [2.05, 4.69) is 9.97 Å². The van der Waals surface area contributed by atoms with Crippen molar-refractivity contribution in [2.24, 2.45) is 0 Å². The molecule has 1 amide bonds. The maximum absolute atomic E-state index is 13.7. The number of nitrogens with zero attached hydrogens (tertiary/aromatic N) is 4. The molecule has 0 aliphatic carbocycles. The highest BCUT2D eigenvalue weighted by atomic mass is 35.5. The lowest BCUT2D eigenvalue weighted by molar-refractivity contribution is -0.385. The van der Waals surface area contributed by atoms with Gasteiger partial charge in [-0.15, -0.1) is 0 Å². The molecule has 0 bridgehead atoms. The zero-order chi connectivity index (χ0) is 23.5. The van der Waals surface area contributed by atoms with E-state index < -0.39 is 16.5 Å². The quantitative estimate of drug-likeness (QED) is 0.264. The van der Waals surface area contributed by atoms with Crippen molar-refractivity contribution in [1.29, 1.82) is 0 Å². The van der Waals surface area contributed by atoms with E-state index in [0.717, 1.165) is 4.70 Å². The molecule has 0 fully saturated rings. The SMILES string of the molecule is COc1cc(C(=O)N(Cc2ccccn2)c2nc3c(Cl)cccc3s2)c([N+](=O)[O-])cc1OC. The number of carbonyl (C=O) groups excluding carboxylic acids is 1. The van der Waals surface area contributed by atoms with Gasteiger partial charge in [0, 0.05) is 12.3 Å². The molecule has 168 valence electrons. The predicted octanol–water partition coefficient (Wildman–Crippen LogP) is 5.12. The van der Waals surface area contributed by atoms with Gasteiger partial charge in [-0.05, 0) is 24.3 Å². The Hall–Kier alpha value is -3.76. The maximum atomic E-state index is 13.7. The average molecular weight is 485 g/mol. The number of hydrogen-bond acceptors (Lipinski definition) is 8. The molecular formula is C22H17ClN4O5S. The first-order valence-corrected chi connectivity index (χ1v) is 10.8. The summed E-state index contributed by atoms with van der Waals surface area (Å²) in [6, 6.07) is 13.1. The van der Waals surface area contributed by atoms with Crippen molar-refractivity contribution in [2.45, 2.75) is 6.54 Å². The minimum absolute atomic E-state index is 0.0443. The van der Waals surface area contributed by atoms with Crippen LogP contribution < -0.4 is 14.4 Å². The monoisotopic (exact) mass is 484 g/mol. The van der Waals surface area contributed by atoms with Crippen LogP contribution in [0.4, 0.5) is 10.8 Å². The number of anilines is 1. The molecule has 2 heterocycles. The highest BCUT2D eigenvalue weighted by Crippen LogP contribution is 2.38. The highest BCUT2D eigenvalue weighted by molar-refractivity contribution is 7.22. The summed E-state index contributed by atoms with van der Waals surface area (Å²) in [4.78, 5) is 35.1. The molecule has 0 radical (unpaired) electrons. The van der Waals surface area contributed by atoms with Crippen molar-refractivity contribution >= 4 is 49.9 Å². The Kier molecular flexibility index (Phi) is 6.38. The smallest absolute Gasteiger partial charge is 0.286 e. The fraction of sp³-hybridized carbons (Fsp3) is 0.136. The molecule has 9 nitrogen and oxygen atoms in total. The topological polar surface area (TPSA) is 108 Å². The third-order valence-electron chi connectivity index (χ3n) is 4.81. The van der Waals surface area contributed by atoms with Gasteiger partial charge in [0.25, 0.3) is 11.6 Å². The van der Waals surface area contributed by atoms with Gasteiger partial charge in [0.2, 0.25) is 0 Å². The molecule has 0 atom stereocenters. The second-order valence-corrected chi connectivity index (χ2v) is 8.19. The summed E-state index contributed by atoms with van der Waals surface area (Å²) >= 11 is 7.53. The van der Waals surface area contributed by atoms with Crippen molar-refractivity contribution in [3.8, 4) is 11.5 Å². The van der Waals surface area contributed by atoms with Crippen molar-refractivity contribution < 1.29 is 19.2 Å². The first kappa shape index (κ1) is 22.4. The fourth-order valence-electron chi connectivity index (χ4n) is 3.23. The van der Waals surface area contributed by atoms with Gasteiger partial charge in [0.15, 0.2) is 16.6 Å². The molecule has 33 heavy (non-hydrogen) atoms. The molecule has 0 unspecified atom stereocenters. The van der Waals surface area contributed by atoms with Crippen molar-refractivity contribution in [2.75, 3.05) is 19.1 Å². The highest BCUT2D eigenvalue weighted by Gasteiger charge is 2.30. The van der Waals surface area contributed by atoms with Crippen LogP contribution in [0.5, 0.6) is 11.5 Å². The van der Waals surface area contributed by atoms with Crippen LogP contribution in [0, 0.1) is 10.1 Å². The van der Waals surface area contributed by atoms with Gasteiger partial charge in [0.1, 0.15) is 11.1 Å². The number of methoxy groups -OCH3 is 2. The van der Waals surface area contributed by atoms with Crippen LogP contribution >= 0.6 is 22.9 Å². The summed E-state index contributed by atoms with van der Waals surface area (Å²) in [5, 5.41) is 12.6. The van der Waals surface area contributed by atoms with Crippen LogP contribution in [0.1, 0.15) is 16.1 Å². The molecule has 4 aromatic rings. The van der Waals surface area contributed by atoms with Gasteiger partial charge in [-0.25, -0.2) is 4.98 Å². The number of fused-ring (bicyclic) bond motifs is 1. The van der Waals surface area contributed by atoms with Crippen LogP contribution in [0.3, 0.4) is 0 Å². The lowest BCUT2D eigenvalue weighted by Crippen LogP contribution is -2.31. The molecule has 0 N–H and O–H groups in total. The second kappa shape index (κ2) is 9.39. The van der Waals surface area contributed by atoms with Gasteiger partial charge in [-0.2, -0.15) is 0 Å². The number of thiazole rings is 1. The minimum Gasteiger partial charge on any atom is -0.493 e. The Bertz CT molecular complexity index is 1350. The van der Waals surface area contributed by atoms with Crippen LogP contribution in [0.2, 0.25) is 5.02 Å². The van der Waals surface area contributed by atoms with Gasteiger partial charge in [-0.1, -0.05) is 35.1 Å². The standard InChI is InChI=1S/C22H17ClN4O5S/c1-31-17-10-14(16(27(29)30)11-18(17)32-2)21(28)26(12-13-6-3-4-9-24-13)22-25-20-15(23)7-5-8-19(20)33-22/h3-11H,12H2,1-2H3. The summed E-state index contributed by atoms with van der Waals surface area (Å²) in [6.07, 6.45) is 1.60. The zero-order valence-electron chi connectivity index (χ0n) is 17.5. The lowest BCUT2D eigenvalue weighted by atomic mass is 10.1. The largest absolute Gasteiger partial charge is 0.493 e. The van der Waals surface area contributed by atoms with Crippen LogP contribution in [0.25, 0.3) is 10.2 Å². The van der Waals surface area contributed by atoms with E-state index >= 15 is 0 Å². The summed E-state index contributed by atoms with van der Waals surface area (Å²) in [5.74, 6) is -0.302. The lowest BCUT2D eigenvalue weighted by Gasteiger charge is -2.20. The Morgan fingerprint density at radius 2 is 1.91 bits per heavy atom. The molecule has 0 saturated carbocycles. The predicted molar refractivity (Wildman–Crippen MR) is 126 cm³/mol. The third-order valence-corrected chi connectivity index (χ3v) is 6.16.